The van der Waals surface area contributed by atoms with Crippen LogP contribution in [0.2, 0.25) is 39.3 Å². The molecule has 0 aliphatic rings. The molecule has 2 rings (SSSR count). The molecule has 0 amide bonds. The molecule has 2 heterocycles. The summed E-state index contributed by atoms with van der Waals surface area (Å²) in [5.41, 5.74) is 2.07. The van der Waals surface area contributed by atoms with Crippen LogP contribution in [-0.2, 0) is 0 Å². The van der Waals surface area contributed by atoms with Gasteiger partial charge in [-0.2, -0.15) is 0 Å². The van der Waals surface area contributed by atoms with Crippen LogP contribution in [0.5, 0.6) is 0 Å². The summed E-state index contributed by atoms with van der Waals surface area (Å²) in [7, 11) is -3.03. The Balaban J connectivity index is 2.68. The summed E-state index contributed by atoms with van der Waals surface area (Å²) < 4.78 is 5.76. The van der Waals surface area contributed by atoms with E-state index in [2.05, 4.69) is 55.5 Å². The lowest BCUT2D eigenvalue weighted by atomic mass is 10.2. The fourth-order valence-electron chi connectivity index (χ4n) is 2.20. The summed E-state index contributed by atoms with van der Waals surface area (Å²) in [6.07, 6.45) is 3.66. The van der Waals surface area contributed by atoms with Gasteiger partial charge < -0.3 is 4.52 Å². The number of hydrogen-bond donors (Lipinski definition) is 0. The zero-order valence-corrected chi connectivity index (χ0v) is 14.6. The van der Waals surface area contributed by atoms with Crippen LogP contribution in [0.4, 0.5) is 0 Å². The molecule has 0 N–H and O–H groups in total. The Morgan fingerprint density at radius 2 is 1.68 bits per heavy atom. The Bertz CT molecular complexity index is 565. The normalized spacial score (nSPS) is 12.7. The second-order valence-corrected chi connectivity index (χ2v) is 16.9. The van der Waals surface area contributed by atoms with E-state index < -0.39 is 16.1 Å². The van der Waals surface area contributed by atoms with Gasteiger partial charge in [0, 0.05) is 23.1 Å². The fraction of sp³-hybridized carbons (Fsp3) is 0.429. The SMILES string of the molecule is C[Si](C)(C)c1onc(-c2cccnc2)c1[Si](C)(C)C. The first-order valence-electron chi connectivity index (χ1n) is 6.62. The molecule has 0 fully saturated rings. The molecule has 0 atom stereocenters. The lowest BCUT2D eigenvalue weighted by Crippen LogP contribution is -2.55. The predicted molar refractivity (Wildman–Crippen MR) is 85.7 cm³/mol. The van der Waals surface area contributed by atoms with Gasteiger partial charge in [-0.05, 0) is 12.1 Å². The third-order valence-electron chi connectivity index (χ3n) is 3.06. The first kappa shape index (κ1) is 14.2. The van der Waals surface area contributed by atoms with Gasteiger partial charge in [0.25, 0.3) is 0 Å². The highest BCUT2D eigenvalue weighted by Crippen LogP contribution is 2.18. The van der Waals surface area contributed by atoms with Crippen molar-refractivity contribution in [2.24, 2.45) is 0 Å². The molecule has 0 radical (unpaired) electrons. The van der Waals surface area contributed by atoms with Crippen LogP contribution in [0.25, 0.3) is 11.3 Å². The Morgan fingerprint density at radius 1 is 1.00 bits per heavy atom. The van der Waals surface area contributed by atoms with Crippen LogP contribution in [0.1, 0.15) is 0 Å². The molecule has 102 valence electrons. The van der Waals surface area contributed by atoms with E-state index in [1.54, 1.807) is 6.20 Å². The smallest absolute Gasteiger partial charge is 0.126 e. The van der Waals surface area contributed by atoms with E-state index in [1.165, 1.54) is 5.19 Å². The predicted octanol–water partition coefficient (Wildman–Crippen LogP) is 2.83. The fourth-order valence-corrected chi connectivity index (χ4v) is 7.26. The summed E-state index contributed by atoms with van der Waals surface area (Å²) in [4.78, 5) is 4.20. The summed E-state index contributed by atoms with van der Waals surface area (Å²) in [6, 6.07) is 4.01. The van der Waals surface area contributed by atoms with Gasteiger partial charge >= 0.3 is 0 Å². The zero-order chi connectivity index (χ0) is 14.3. The minimum atomic E-state index is -1.51. The van der Waals surface area contributed by atoms with E-state index in [0.717, 1.165) is 16.6 Å². The molecule has 0 saturated heterocycles. The van der Waals surface area contributed by atoms with E-state index in [0.29, 0.717) is 0 Å². The topological polar surface area (TPSA) is 38.9 Å². The maximum atomic E-state index is 5.76. The molecule has 19 heavy (non-hydrogen) atoms. The van der Waals surface area contributed by atoms with Crippen molar-refractivity contribution in [3.8, 4) is 11.3 Å². The van der Waals surface area contributed by atoms with Crippen molar-refractivity contribution in [3.05, 3.63) is 24.5 Å². The minimum Gasteiger partial charge on any atom is -0.366 e. The van der Waals surface area contributed by atoms with Crippen molar-refractivity contribution in [2.45, 2.75) is 39.3 Å². The van der Waals surface area contributed by atoms with E-state index in [1.807, 2.05) is 12.3 Å². The number of pyridine rings is 1. The van der Waals surface area contributed by atoms with Crippen molar-refractivity contribution in [3.63, 3.8) is 0 Å². The summed E-state index contributed by atoms with van der Waals surface area (Å²) in [5, 5.41) is 6.91. The molecule has 0 saturated carbocycles. The summed E-state index contributed by atoms with van der Waals surface area (Å²) >= 11 is 0. The van der Waals surface area contributed by atoms with Crippen LogP contribution >= 0.6 is 0 Å². The number of nitrogens with zero attached hydrogens (tertiary/aromatic N) is 2. The van der Waals surface area contributed by atoms with Gasteiger partial charge in [-0.3, -0.25) is 4.98 Å². The van der Waals surface area contributed by atoms with Crippen LogP contribution in [0.3, 0.4) is 0 Å². The third-order valence-corrected chi connectivity index (χ3v) is 6.98. The number of hydrogen-bond acceptors (Lipinski definition) is 3. The molecule has 3 nitrogen and oxygen atoms in total. The van der Waals surface area contributed by atoms with E-state index in [9.17, 15) is 0 Å². The summed E-state index contributed by atoms with van der Waals surface area (Å²) in [5.74, 6) is 0. The van der Waals surface area contributed by atoms with E-state index in [-0.39, 0.29) is 0 Å². The van der Waals surface area contributed by atoms with Crippen LogP contribution < -0.4 is 10.6 Å². The van der Waals surface area contributed by atoms with Gasteiger partial charge in [0.05, 0.1) is 8.07 Å². The average molecular weight is 291 g/mol. The molecule has 0 aliphatic heterocycles. The quantitative estimate of drug-likeness (QED) is 0.816. The molecule has 5 heteroatoms. The Hall–Kier alpha value is -1.21. The molecule has 2 aromatic heterocycles. The van der Waals surface area contributed by atoms with Crippen molar-refractivity contribution in [1.82, 2.24) is 10.1 Å². The molecular weight excluding hydrogens is 268 g/mol. The monoisotopic (exact) mass is 290 g/mol. The van der Waals surface area contributed by atoms with Crippen molar-refractivity contribution >= 4 is 26.7 Å². The molecule has 0 unspecified atom stereocenters. The second-order valence-electron chi connectivity index (χ2n) is 6.98. The van der Waals surface area contributed by atoms with Crippen molar-refractivity contribution in [1.29, 1.82) is 0 Å². The van der Waals surface area contributed by atoms with Crippen molar-refractivity contribution < 1.29 is 4.52 Å². The van der Waals surface area contributed by atoms with E-state index in [4.69, 9.17) is 4.52 Å². The third kappa shape index (κ3) is 2.87. The number of aromatic nitrogens is 2. The van der Waals surface area contributed by atoms with Gasteiger partial charge in [-0.25, -0.2) is 0 Å². The first-order chi connectivity index (χ1) is 8.71. The molecule has 0 aliphatic carbocycles. The highest BCUT2D eigenvalue weighted by Gasteiger charge is 2.35. The second kappa shape index (κ2) is 4.72. The van der Waals surface area contributed by atoms with Crippen LogP contribution in [-0.4, -0.2) is 26.3 Å². The Morgan fingerprint density at radius 3 is 2.16 bits per heavy atom. The van der Waals surface area contributed by atoms with Gasteiger partial charge in [-0.1, -0.05) is 44.4 Å². The first-order valence-corrected chi connectivity index (χ1v) is 13.6. The van der Waals surface area contributed by atoms with Gasteiger partial charge in [0.2, 0.25) is 0 Å². The molecule has 2 aromatic rings. The highest BCUT2D eigenvalue weighted by atomic mass is 28.3. The number of rotatable bonds is 3. The van der Waals surface area contributed by atoms with Crippen molar-refractivity contribution in [2.75, 3.05) is 0 Å². The van der Waals surface area contributed by atoms with Crippen LogP contribution in [0.15, 0.2) is 29.0 Å². The van der Waals surface area contributed by atoms with Gasteiger partial charge in [-0.15, -0.1) is 0 Å². The van der Waals surface area contributed by atoms with Crippen LogP contribution in [0, 0.1) is 0 Å². The summed E-state index contributed by atoms with van der Waals surface area (Å²) in [6.45, 7) is 14.0. The Kier molecular flexibility index (Phi) is 3.53. The molecular formula is C14H22N2OSi2. The van der Waals surface area contributed by atoms with E-state index >= 15 is 0 Å². The Labute approximate surface area is 117 Å². The standard InChI is InChI=1S/C14H22N2OSi2/c1-18(2,3)13-12(11-8-7-9-15-10-11)16-17-14(13)19(4,5)6/h7-10H,1-6H3. The highest BCUT2D eigenvalue weighted by molar-refractivity contribution is 6.98. The minimum absolute atomic E-state index is 1.00. The lowest BCUT2D eigenvalue weighted by molar-refractivity contribution is 0.446. The maximum absolute atomic E-state index is 5.76. The average Bonchev–Trinajstić information content (AvgIpc) is 2.74. The van der Waals surface area contributed by atoms with Gasteiger partial charge in [0.1, 0.15) is 19.2 Å². The van der Waals surface area contributed by atoms with Gasteiger partial charge in [0.15, 0.2) is 0 Å². The lowest BCUT2D eigenvalue weighted by Gasteiger charge is -2.22. The largest absolute Gasteiger partial charge is 0.366 e. The molecule has 0 spiro atoms. The zero-order valence-electron chi connectivity index (χ0n) is 12.6. The molecule has 0 aromatic carbocycles. The maximum Gasteiger partial charge on any atom is 0.126 e. The molecule has 0 bridgehead atoms.